The molecule has 0 aliphatic heterocycles. The van der Waals surface area contributed by atoms with Crippen LogP contribution in [0.2, 0.25) is 0 Å². The zero-order valence-corrected chi connectivity index (χ0v) is 12.8. The van der Waals surface area contributed by atoms with Gasteiger partial charge < -0.3 is 14.9 Å². The van der Waals surface area contributed by atoms with Crippen LogP contribution in [-0.4, -0.2) is 22.3 Å². The van der Waals surface area contributed by atoms with Gasteiger partial charge in [0.25, 0.3) is 0 Å². The van der Waals surface area contributed by atoms with Gasteiger partial charge in [-0.1, -0.05) is 30.3 Å². The van der Waals surface area contributed by atoms with Crippen LogP contribution in [0.25, 0.3) is 0 Å². The molecule has 2 rings (SSSR count). The van der Waals surface area contributed by atoms with Gasteiger partial charge >= 0.3 is 12.1 Å². The van der Waals surface area contributed by atoms with E-state index in [1.165, 1.54) is 12.1 Å². The lowest BCUT2D eigenvalue weighted by Crippen LogP contribution is -2.16. The fraction of sp³-hybridized carbons (Fsp3) is 0.0667. The van der Waals surface area contributed by atoms with Gasteiger partial charge in [0.2, 0.25) is 0 Å². The lowest BCUT2D eigenvalue weighted by atomic mass is 10.1. The third-order valence-electron chi connectivity index (χ3n) is 2.79. The Morgan fingerprint density at radius 3 is 2.45 bits per heavy atom. The number of amides is 1. The van der Waals surface area contributed by atoms with E-state index in [1.54, 1.807) is 12.1 Å². The Morgan fingerprint density at radius 1 is 1.14 bits per heavy atom. The Labute approximate surface area is 134 Å². The number of carboxylic acids is 1. The van der Waals surface area contributed by atoms with Crippen LogP contribution in [0.1, 0.15) is 15.9 Å². The smallest absolute Gasteiger partial charge is 0.411 e. The minimum Gasteiger partial charge on any atom is -0.506 e. The van der Waals surface area contributed by atoms with Crippen molar-refractivity contribution < 1.29 is 24.5 Å². The van der Waals surface area contributed by atoms with E-state index in [9.17, 15) is 14.7 Å². The van der Waals surface area contributed by atoms with Crippen LogP contribution in [0.5, 0.6) is 5.75 Å². The van der Waals surface area contributed by atoms with Crippen LogP contribution in [-0.2, 0) is 11.3 Å². The summed E-state index contributed by atoms with van der Waals surface area (Å²) in [5.74, 6) is -1.83. The summed E-state index contributed by atoms with van der Waals surface area (Å²) in [6.07, 6.45) is -0.812. The minimum absolute atomic E-state index is 0.0498. The molecule has 0 aromatic heterocycles. The van der Waals surface area contributed by atoms with Crippen molar-refractivity contribution in [3.05, 3.63) is 58.1 Å². The van der Waals surface area contributed by atoms with Crippen molar-refractivity contribution >= 4 is 33.7 Å². The molecule has 2 aromatic carbocycles. The number of halogens is 1. The highest BCUT2D eigenvalue weighted by molar-refractivity contribution is 9.10. The highest BCUT2D eigenvalue weighted by Gasteiger charge is 2.19. The van der Waals surface area contributed by atoms with Crippen LogP contribution in [0, 0.1) is 0 Å². The zero-order chi connectivity index (χ0) is 16.1. The molecular weight excluding hydrogens is 354 g/mol. The van der Waals surface area contributed by atoms with Gasteiger partial charge in [-0.25, -0.2) is 9.59 Å². The number of carbonyl (C=O) groups is 2. The van der Waals surface area contributed by atoms with Crippen molar-refractivity contribution in [2.75, 3.05) is 5.32 Å². The number of nitrogens with one attached hydrogen (secondary N) is 1. The molecule has 0 spiro atoms. The summed E-state index contributed by atoms with van der Waals surface area (Å²) in [7, 11) is 0. The monoisotopic (exact) mass is 365 g/mol. The van der Waals surface area contributed by atoms with Gasteiger partial charge in [0, 0.05) is 0 Å². The molecule has 0 aliphatic rings. The summed E-state index contributed by atoms with van der Waals surface area (Å²) < 4.78 is 5.22. The van der Waals surface area contributed by atoms with Gasteiger partial charge in [0.1, 0.15) is 17.9 Å². The van der Waals surface area contributed by atoms with E-state index in [1.807, 2.05) is 18.2 Å². The fourth-order valence-corrected chi connectivity index (χ4v) is 2.09. The average molecular weight is 366 g/mol. The van der Waals surface area contributed by atoms with Gasteiger partial charge in [-0.2, -0.15) is 0 Å². The van der Waals surface area contributed by atoms with E-state index in [0.717, 1.165) is 5.56 Å². The van der Waals surface area contributed by atoms with E-state index in [0.29, 0.717) is 0 Å². The molecular formula is C15H12BrNO5. The van der Waals surface area contributed by atoms with Crippen LogP contribution in [0.15, 0.2) is 46.9 Å². The van der Waals surface area contributed by atoms with E-state index < -0.39 is 23.4 Å². The number of anilines is 1. The van der Waals surface area contributed by atoms with Gasteiger partial charge in [-0.3, -0.25) is 5.32 Å². The average Bonchev–Trinajstić information content (AvgIpc) is 2.50. The third-order valence-corrected chi connectivity index (χ3v) is 3.43. The van der Waals surface area contributed by atoms with E-state index in [2.05, 4.69) is 21.2 Å². The first-order valence-corrected chi connectivity index (χ1v) is 7.01. The highest BCUT2D eigenvalue weighted by atomic mass is 79.9. The lowest BCUT2D eigenvalue weighted by Gasteiger charge is -2.11. The van der Waals surface area contributed by atoms with Crippen molar-refractivity contribution in [1.29, 1.82) is 0 Å². The number of carboxylic acid groups (broad SMARTS) is 1. The molecule has 7 heteroatoms. The molecule has 0 unspecified atom stereocenters. The van der Waals surface area contributed by atoms with Gasteiger partial charge in [-0.15, -0.1) is 0 Å². The van der Waals surface area contributed by atoms with Crippen LogP contribution < -0.4 is 5.32 Å². The maximum Gasteiger partial charge on any atom is 0.411 e. The molecule has 22 heavy (non-hydrogen) atoms. The fourth-order valence-electron chi connectivity index (χ4n) is 1.76. The summed E-state index contributed by atoms with van der Waals surface area (Å²) in [5.41, 5.74) is 0.340. The zero-order valence-electron chi connectivity index (χ0n) is 11.2. The maximum atomic E-state index is 11.7. The summed E-state index contributed by atoms with van der Waals surface area (Å²) in [4.78, 5) is 22.9. The Hall–Kier alpha value is -2.54. The molecule has 0 saturated heterocycles. The third kappa shape index (κ3) is 3.76. The summed E-state index contributed by atoms with van der Waals surface area (Å²) in [6.45, 7) is 0.0532. The van der Waals surface area contributed by atoms with Crippen molar-refractivity contribution in [3.63, 3.8) is 0 Å². The summed E-state index contributed by atoms with van der Waals surface area (Å²) in [5, 5.41) is 21.2. The van der Waals surface area contributed by atoms with E-state index in [4.69, 9.17) is 9.84 Å². The Bertz CT molecular complexity index is 703. The first kappa shape index (κ1) is 15.8. The largest absolute Gasteiger partial charge is 0.506 e. The van der Waals surface area contributed by atoms with Gasteiger partial charge in [-0.05, 0) is 33.6 Å². The SMILES string of the molecule is O=C(Nc1ccc(Br)c(O)c1C(=O)O)OCc1ccccc1. The first-order chi connectivity index (χ1) is 10.5. The topological polar surface area (TPSA) is 95.9 Å². The molecule has 0 aliphatic carbocycles. The van der Waals surface area contributed by atoms with Crippen molar-refractivity contribution in [1.82, 2.24) is 0 Å². The van der Waals surface area contributed by atoms with Crippen molar-refractivity contribution in [2.45, 2.75) is 6.61 Å². The predicted octanol–water partition coefficient (Wildman–Crippen LogP) is 3.60. The minimum atomic E-state index is -1.36. The summed E-state index contributed by atoms with van der Waals surface area (Å²) >= 11 is 3.02. The number of benzene rings is 2. The molecule has 6 nitrogen and oxygen atoms in total. The van der Waals surface area contributed by atoms with E-state index in [-0.39, 0.29) is 16.8 Å². The molecule has 0 fully saturated rings. The Kier molecular flexibility index (Phi) is 5.00. The van der Waals surface area contributed by atoms with Gasteiger partial charge in [0.15, 0.2) is 0 Å². The molecule has 2 aromatic rings. The number of hydrogen-bond acceptors (Lipinski definition) is 4. The predicted molar refractivity (Wildman–Crippen MR) is 83.0 cm³/mol. The molecule has 0 heterocycles. The lowest BCUT2D eigenvalue weighted by molar-refractivity contribution is 0.0695. The van der Waals surface area contributed by atoms with Crippen molar-refractivity contribution in [3.8, 4) is 5.75 Å². The van der Waals surface area contributed by atoms with Gasteiger partial charge in [0.05, 0.1) is 10.2 Å². The highest BCUT2D eigenvalue weighted by Crippen LogP contribution is 2.33. The van der Waals surface area contributed by atoms with Crippen LogP contribution in [0.4, 0.5) is 10.5 Å². The Morgan fingerprint density at radius 2 is 1.82 bits per heavy atom. The standard InChI is InChI=1S/C15H12BrNO5/c16-10-6-7-11(12(13(10)18)14(19)20)17-15(21)22-8-9-4-2-1-3-5-9/h1-7,18H,8H2,(H,17,21)(H,19,20). The number of aromatic carboxylic acids is 1. The molecule has 3 N–H and O–H groups in total. The quantitative estimate of drug-likeness (QED) is 0.769. The number of hydrogen-bond donors (Lipinski definition) is 3. The number of ether oxygens (including phenoxy) is 1. The van der Waals surface area contributed by atoms with Crippen LogP contribution >= 0.6 is 15.9 Å². The second-order valence-corrected chi connectivity index (χ2v) is 5.16. The number of rotatable bonds is 4. The Balaban J connectivity index is 2.09. The maximum absolute atomic E-state index is 11.7. The number of aromatic hydroxyl groups is 1. The second-order valence-electron chi connectivity index (χ2n) is 4.31. The molecule has 0 saturated carbocycles. The van der Waals surface area contributed by atoms with E-state index >= 15 is 0 Å². The molecule has 0 radical (unpaired) electrons. The summed E-state index contributed by atoms with van der Waals surface area (Å²) in [6, 6.07) is 11.8. The molecule has 0 bridgehead atoms. The normalized spacial score (nSPS) is 10.0. The number of carbonyl (C=O) groups excluding carboxylic acids is 1. The molecule has 0 atom stereocenters. The van der Waals surface area contributed by atoms with Crippen molar-refractivity contribution in [2.24, 2.45) is 0 Å². The first-order valence-electron chi connectivity index (χ1n) is 6.21. The second kappa shape index (κ2) is 6.95. The number of phenols is 1. The van der Waals surface area contributed by atoms with Crippen LogP contribution in [0.3, 0.4) is 0 Å². The molecule has 114 valence electrons. The molecule has 1 amide bonds.